The topological polar surface area (TPSA) is 105 Å². The van der Waals surface area contributed by atoms with Crippen molar-refractivity contribution in [3.8, 4) is 6.01 Å². The molecule has 0 bridgehead atoms. The number of rotatable bonds is 11. The fourth-order valence-electron chi connectivity index (χ4n) is 5.70. The second-order valence-electron chi connectivity index (χ2n) is 12.3. The summed E-state index contributed by atoms with van der Waals surface area (Å²) in [5.74, 6) is 0.556. The fourth-order valence-corrected chi connectivity index (χ4v) is 5.70. The number of fused-ring (bicyclic) bond motifs is 1. The van der Waals surface area contributed by atoms with Gasteiger partial charge in [0, 0.05) is 26.2 Å². The highest BCUT2D eigenvalue weighted by Gasteiger charge is 2.27. The van der Waals surface area contributed by atoms with Crippen LogP contribution in [0.1, 0.15) is 91.3 Å². The number of benzene rings is 2. The quantitative estimate of drug-likeness (QED) is 0.185. The Hall–Kier alpha value is -4.18. The van der Waals surface area contributed by atoms with Crippen molar-refractivity contribution in [1.82, 2.24) is 24.5 Å². The first-order valence-corrected chi connectivity index (χ1v) is 16.1. The van der Waals surface area contributed by atoms with Crippen molar-refractivity contribution in [3.63, 3.8) is 0 Å². The number of likely N-dealkylation sites (tertiary alicyclic amines) is 1. The average molecular weight is 615 g/mol. The second-order valence-corrected chi connectivity index (χ2v) is 12.3. The fraction of sp³-hybridized carbons (Fsp3) is 0.486. The molecule has 5 rings (SSSR count). The van der Waals surface area contributed by atoms with E-state index in [1.165, 1.54) is 33.0 Å². The number of nitrogens with zero attached hydrogens (tertiary/aromatic N) is 6. The number of aliphatic hydroxyl groups excluding tert-OH is 1. The van der Waals surface area contributed by atoms with E-state index >= 15 is 0 Å². The Morgan fingerprint density at radius 3 is 2.16 bits per heavy atom. The molecule has 0 aliphatic carbocycles. The molecule has 240 valence electrons. The maximum atomic E-state index is 12.9. The number of imidazole rings is 1. The molecule has 2 aromatic carbocycles. The molecule has 1 N–H and O–H groups in total. The summed E-state index contributed by atoms with van der Waals surface area (Å²) in [5.41, 5.74) is 7.80. The summed E-state index contributed by atoms with van der Waals surface area (Å²) in [7, 11) is 0. The van der Waals surface area contributed by atoms with Crippen LogP contribution in [-0.2, 0) is 17.8 Å². The number of aliphatic hydroxyl groups is 1. The molecule has 1 fully saturated rings. The summed E-state index contributed by atoms with van der Waals surface area (Å²) in [6, 6.07) is 13.1. The zero-order valence-electron chi connectivity index (χ0n) is 27.4. The Morgan fingerprint density at radius 2 is 1.58 bits per heavy atom. The number of aryl methyl sites for hydroxylation is 4. The Balaban J connectivity index is 1.57. The molecule has 1 amide bonds. The number of hydrogen-bond donors (Lipinski definition) is 1. The average Bonchev–Trinajstić information content (AvgIpc) is 3.45. The SMILES string of the molecule is CCC[C@H](C)Oc1nc(N(Cc2ccc(C)c(C)c2)Cc2ccc(C)c(C)c2)c2ncc(C(O)OC(=O)N3CCCCC3)n2n1. The van der Waals surface area contributed by atoms with Crippen LogP contribution in [0.25, 0.3) is 5.65 Å². The second kappa shape index (κ2) is 14.3. The molecule has 0 spiro atoms. The van der Waals surface area contributed by atoms with Gasteiger partial charge in [0.1, 0.15) is 5.69 Å². The van der Waals surface area contributed by atoms with Gasteiger partial charge in [-0.25, -0.2) is 14.3 Å². The standard InChI is InChI=1S/C35H46N6O4/c1-7-11-27(6)44-34-37-32(31-36-20-30(41(31)38-34)33(42)45-35(43)39-16-9-8-10-17-39)40(21-28-14-12-23(2)25(4)18-28)22-29-15-13-24(3)26(5)19-29/h12-15,18-20,27,33,42H,7-11,16-17,21-22H2,1-6H3/t27-,33?/m0/s1. The normalized spacial score (nSPS) is 14.8. The van der Waals surface area contributed by atoms with E-state index in [1.807, 2.05) is 6.92 Å². The minimum absolute atomic E-state index is 0.123. The number of ether oxygens (including phenoxy) is 2. The number of aromatic nitrogens is 4. The highest BCUT2D eigenvalue weighted by atomic mass is 16.6. The van der Waals surface area contributed by atoms with Gasteiger partial charge in [0.05, 0.1) is 12.3 Å². The van der Waals surface area contributed by atoms with Gasteiger partial charge in [0.2, 0.25) is 6.29 Å². The van der Waals surface area contributed by atoms with Crippen LogP contribution in [0.2, 0.25) is 0 Å². The molecular formula is C35H46N6O4. The number of hydrogen-bond acceptors (Lipinski definition) is 8. The van der Waals surface area contributed by atoms with E-state index in [0.717, 1.165) is 43.2 Å². The predicted octanol–water partition coefficient (Wildman–Crippen LogP) is 6.75. The number of carbonyl (C=O) groups excluding carboxylic acids is 1. The van der Waals surface area contributed by atoms with Crippen molar-refractivity contribution < 1.29 is 19.4 Å². The van der Waals surface area contributed by atoms with Crippen LogP contribution in [0.5, 0.6) is 6.01 Å². The van der Waals surface area contributed by atoms with Crippen LogP contribution >= 0.6 is 0 Å². The molecule has 0 saturated carbocycles. The number of carbonyl (C=O) groups is 1. The summed E-state index contributed by atoms with van der Waals surface area (Å²) in [6.45, 7) is 14.9. The van der Waals surface area contributed by atoms with Crippen LogP contribution in [-0.4, -0.2) is 54.9 Å². The molecule has 2 atom stereocenters. The molecule has 3 heterocycles. The minimum atomic E-state index is -1.56. The lowest BCUT2D eigenvalue weighted by atomic mass is 10.0. The lowest BCUT2D eigenvalue weighted by molar-refractivity contribution is -0.0718. The van der Waals surface area contributed by atoms with Crippen LogP contribution < -0.4 is 9.64 Å². The van der Waals surface area contributed by atoms with Crippen molar-refractivity contribution in [3.05, 3.63) is 81.7 Å². The molecule has 45 heavy (non-hydrogen) atoms. The molecule has 4 aromatic rings. The van der Waals surface area contributed by atoms with Crippen molar-refractivity contribution in [2.45, 2.75) is 99.1 Å². The molecule has 1 unspecified atom stereocenters. The van der Waals surface area contributed by atoms with Crippen molar-refractivity contribution in [1.29, 1.82) is 0 Å². The van der Waals surface area contributed by atoms with E-state index in [0.29, 0.717) is 37.6 Å². The smallest absolute Gasteiger partial charge is 0.412 e. The van der Waals surface area contributed by atoms with Gasteiger partial charge in [-0.05, 0) is 93.7 Å². The molecule has 2 aromatic heterocycles. The summed E-state index contributed by atoms with van der Waals surface area (Å²) in [4.78, 5) is 26.2. The molecule has 10 nitrogen and oxygen atoms in total. The third kappa shape index (κ3) is 7.73. The van der Waals surface area contributed by atoms with Gasteiger partial charge >= 0.3 is 12.1 Å². The van der Waals surface area contributed by atoms with Gasteiger partial charge in [-0.1, -0.05) is 49.7 Å². The minimum Gasteiger partial charge on any atom is -0.459 e. The first-order valence-electron chi connectivity index (χ1n) is 16.1. The Labute approximate surface area is 266 Å². The lowest BCUT2D eigenvalue weighted by Crippen LogP contribution is -2.36. The summed E-state index contributed by atoms with van der Waals surface area (Å²) >= 11 is 0. The molecule has 1 saturated heterocycles. The summed E-state index contributed by atoms with van der Waals surface area (Å²) < 4.78 is 13.2. The van der Waals surface area contributed by atoms with Gasteiger partial charge in [0.15, 0.2) is 11.5 Å². The first kappa shape index (κ1) is 32.2. The zero-order chi connectivity index (χ0) is 32.1. The zero-order valence-corrected chi connectivity index (χ0v) is 27.4. The van der Waals surface area contributed by atoms with Gasteiger partial charge in [-0.15, -0.1) is 5.10 Å². The van der Waals surface area contributed by atoms with E-state index in [1.54, 1.807) is 4.90 Å². The Bertz CT molecular complexity index is 1580. The van der Waals surface area contributed by atoms with Crippen LogP contribution in [0, 0.1) is 27.7 Å². The molecule has 1 aliphatic heterocycles. The van der Waals surface area contributed by atoms with Crippen molar-refractivity contribution >= 4 is 17.6 Å². The van der Waals surface area contributed by atoms with Crippen molar-refractivity contribution in [2.75, 3.05) is 18.0 Å². The van der Waals surface area contributed by atoms with E-state index in [9.17, 15) is 9.90 Å². The third-order valence-corrected chi connectivity index (χ3v) is 8.62. The van der Waals surface area contributed by atoms with E-state index in [2.05, 4.69) is 86.0 Å². The Kier molecular flexibility index (Phi) is 10.2. The number of anilines is 1. The molecular weight excluding hydrogens is 568 g/mol. The van der Waals surface area contributed by atoms with E-state index < -0.39 is 12.4 Å². The Morgan fingerprint density at radius 1 is 0.956 bits per heavy atom. The van der Waals surface area contributed by atoms with E-state index in [4.69, 9.17) is 14.5 Å². The highest BCUT2D eigenvalue weighted by molar-refractivity contribution is 5.68. The monoisotopic (exact) mass is 614 g/mol. The van der Waals surface area contributed by atoms with Crippen LogP contribution in [0.3, 0.4) is 0 Å². The number of amides is 1. The predicted molar refractivity (Wildman–Crippen MR) is 174 cm³/mol. The maximum absolute atomic E-state index is 12.9. The van der Waals surface area contributed by atoms with E-state index in [-0.39, 0.29) is 17.8 Å². The maximum Gasteiger partial charge on any atom is 0.412 e. The van der Waals surface area contributed by atoms with Gasteiger partial charge in [0.25, 0.3) is 0 Å². The molecule has 1 aliphatic rings. The first-order chi connectivity index (χ1) is 21.6. The van der Waals surface area contributed by atoms with Crippen molar-refractivity contribution in [2.24, 2.45) is 0 Å². The molecule has 0 radical (unpaired) electrons. The van der Waals surface area contributed by atoms with Crippen LogP contribution in [0.4, 0.5) is 10.6 Å². The van der Waals surface area contributed by atoms with Gasteiger partial charge in [-0.3, -0.25) is 0 Å². The summed E-state index contributed by atoms with van der Waals surface area (Å²) in [5, 5.41) is 15.8. The largest absolute Gasteiger partial charge is 0.459 e. The lowest BCUT2D eigenvalue weighted by Gasteiger charge is -2.27. The highest BCUT2D eigenvalue weighted by Crippen LogP contribution is 2.29. The molecule has 10 heteroatoms. The number of piperidine rings is 1. The van der Waals surface area contributed by atoms with Gasteiger partial charge in [-0.2, -0.15) is 4.98 Å². The van der Waals surface area contributed by atoms with Gasteiger partial charge < -0.3 is 24.4 Å². The summed E-state index contributed by atoms with van der Waals surface area (Å²) in [6.07, 6.45) is 3.96. The van der Waals surface area contributed by atoms with Crippen LogP contribution in [0.15, 0.2) is 42.6 Å². The third-order valence-electron chi connectivity index (χ3n) is 8.62.